The molecule has 3 heteroatoms. The Hall–Kier alpha value is -1.51. The first-order chi connectivity index (χ1) is 13.2. The van der Waals surface area contributed by atoms with E-state index in [9.17, 15) is 9.90 Å². The number of benzene rings is 1. The van der Waals surface area contributed by atoms with Crippen LogP contribution in [-0.2, 0) is 0 Å². The van der Waals surface area contributed by atoms with Gasteiger partial charge in [-0.3, -0.25) is 4.79 Å². The Morgan fingerprint density at radius 1 is 0.815 bits per heavy atom. The van der Waals surface area contributed by atoms with E-state index in [1.165, 1.54) is 57.8 Å². The third-order valence-electron chi connectivity index (χ3n) is 5.04. The van der Waals surface area contributed by atoms with Crippen molar-refractivity contribution in [2.45, 2.75) is 104 Å². The topological polar surface area (TPSA) is 46.5 Å². The van der Waals surface area contributed by atoms with Crippen molar-refractivity contribution in [2.24, 2.45) is 0 Å². The number of carbonyl (C=O) groups is 1. The van der Waals surface area contributed by atoms with Crippen LogP contribution in [0.25, 0.3) is 0 Å². The number of hydrogen-bond acceptors (Lipinski definition) is 3. The summed E-state index contributed by atoms with van der Waals surface area (Å²) >= 11 is 0. The molecular weight excluding hydrogens is 336 g/mol. The van der Waals surface area contributed by atoms with E-state index in [1.807, 2.05) is 0 Å². The largest absolute Gasteiger partial charge is 0.507 e. The second-order valence-corrected chi connectivity index (χ2v) is 7.59. The summed E-state index contributed by atoms with van der Waals surface area (Å²) in [5.74, 6) is 0.702. The van der Waals surface area contributed by atoms with Crippen molar-refractivity contribution in [3.63, 3.8) is 0 Å². The summed E-state index contributed by atoms with van der Waals surface area (Å²) in [7, 11) is 0. The molecule has 0 aliphatic carbocycles. The highest BCUT2D eigenvalue weighted by molar-refractivity contribution is 5.98. The Balaban J connectivity index is 2.13. The number of carbonyl (C=O) groups excluding carboxylic acids is 1. The molecule has 27 heavy (non-hydrogen) atoms. The fraction of sp³-hybridized carbons (Fsp3) is 0.708. The summed E-state index contributed by atoms with van der Waals surface area (Å²) in [6, 6.07) is 5.06. The van der Waals surface area contributed by atoms with Crippen LogP contribution in [0.5, 0.6) is 11.5 Å². The maximum atomic E-state index is 12.1. The van der Waals surface area contributed by atoms with Gasteiger partial charge in [0.1, 0.15) is 11.5 Å². The number of phenols is 1. The third-order valence-corrected chi connectivity index (χ3v) is 5.04. The number of rotatable bonds is 17. The van der Waals surface area contributed by atoms with Gasteiger partial charge in [0.15, 0.2) is 5.78 Å². The van der Waals surface area contributed by atoms with E-state index >= 15 is 0 Å². The van der Waals surface area contributed by atoms with Gasteiger partial charge in [-0.15, -0.1) is 0 Å². The van der Waals surface area contributed by atoms with Crippen molar-refractivity contribution in [3.05, 3.63) is 23.8 Å². The molecule has 1 aromatic carbocycles. The van der Waals surface area contributed by atoms with E-state index in [0.29, 0.717) is 24.3 Å². The van der Waals surface area contributed by atoms with Gasteiger partial charge in [-0.2, -0.15) is 0 Å². The Labute approximate surface area is 166 Å². The zero-order chi connectivity index (χ0) is 19.7. The molecule has 0 atom stereocenters. The van der Waals surface area contributed by atoms with Gasteiger partial charge in [-0.1, -0.05) is 84.5 Å². The first-order valence-corrected chi connectivity index (χ1v) is 11.2. The second kappa shape index (κ2) is 15.5. The average molecular weight is 377 g/mol. The van der Waals surface area contributed by atoms with Crippen LogP contribution in [0.4, 0.5) is 0 Å². The second-order valence-electron chi connectivity index (χ2n) is 7.59. The molecular formula is C24H40O3. The number of ether oxygens (including phenoxy) is 1. The molecule has 0 amide bonds. The van der Waals surface area contributed by atoms with Crippen molar-refractivity contribution in [1.82, 2.24) is 0 Å². The van der Waals surface area contributed by atoms with E-state index in [1.54, 1.807) is 18.2 Å². The lowest BCUT2D eigenvalue weighted by Crippen LogP contribution is -2.01. The van der Waals surface area contributed by atoms with Crippen LogP contribution < -0.4 is 4.74 Å². The molecule has 0 saturated carbocycles. The molecule has 0 aromatic heterocycles. The summed E-state index contributed by atoms with van der Waals surface area (Å²) < 4.78 is 5.72. The minimum absolute atomic E-state index is 0.0159. The number of phenolic OH excluding ortho intramolecular Hbond substituents is 1. The summed E-state index contributed by atoms with van der Waals surface area (Å²) in [6.45, 7) is 5.04. The van der Waals surface area contributed by atoms with E-state index in [4.69, 9.17) is 4.74 Å². The van der Waals surface area contributed by atoms with Gasteiger partial charge in [0.25, 0.3) is 0 Å². The molecule has 154 valence electrons. The van der Waals surface area contributed by atoms with Crippen molar-refractivity contribution in [3.8, 4) is 11.5 Å². The number of ketones is 1. The molecule has 1 rings (SSSR count). The third kappa shape index (κ3) is 11.0. The summed E-state index contributed by atoms with van der Waals surface area (Å²) in [5.41, 5.74) is 0.414. The maximum Gasteiger partial charge on any atom is 0.166 e. The zero-order valence-corrected chi connectivity index (χ0v) is 17.6. The smallest absolute Gasteiger partial charge is 0.166 e. The van der Waals surface area contributed by atoms with Crippen LogP contribution in [-0.4, -0.2) is 17.5 Å². The summed E-state index contributed by atoms with van der Waals surface area (Å²) in [6.07, 6.45) is 16.5. The maximum absolute atomic E-state index is 12.1. The van der Waals surface area contributed by atoms with Gasteiger partial charge < -0.3 is 9.84 Å². The molecule has 1 N–H and O–H groups in total. The Bertz CT molecular complexity index is 510. The quantitative estimate of drug-likeness (QED) is 0.227. The van der Waals surface area contributed by atoms with Crippen LogP contribution in [0.2, 0.25) is 0 Å². The molecule has 0 fully saturated rings. The van der Waals surface area contributed by atoms with E-state index < -0.39 is 0 Å². The molecule has 0 unspecified atom stereocenters. The average Bonchev–Trinajstić information content (AvgIpc) is 2.66. The van der Waals surface area contributed by atoms with E-state index in [2.05, 4.69) is 13.8 Å². The highest BCUT2D eigenvalue weighted by Gasteiger charge is 2.11. The summed E-state index contributed by atoms with van der Waals surface area (Å²) in [4.78, 5) is 12.1. The van der Waals surface area contributed by atoms with Gasteiger partial charge in [0, 0.05) is 12.5 Å². The molecule has 1 aromatic rings. The van der Waals surface area contributed by atoms with Crippen molar-refractivity contribution in [2.75, 3.05) is 6.61 Å². The van der Waals surface area contributed by atoms with E-state index in [-0.39, 0.29) is 11.5 Å². The van der Waals surface area contributed by atoms with Crippen molar-refractivity contribution in [1.29, 1.82) is 0 Å². The first kappa shape index (κ1) is 23.5. The molecule has 0 bridgehead atoms. The zero-order valence-electron chi connectivity index (χ0n) is 17.6. The van der Waals surface area contributed by atoms with Gasteiger partial charge in [0.2, 0.25) is 0 Å². The van der Waals surface area contributed by atoms with Crippen LogP contribution in [0.15, 0.2) is 18.2 Å². The van der Waals surface area contributed by atoms with Gasteiger partial charge in [-0.25, -0.2) is 0 Å². The van der Waals surface area contributed by atoms with Crippen LogP contribution in [0, 0.1) is 0 Å². The SMILES string of the molecule is CCCCCCCCCCCCOc1ccc(C(=O)CCCCC)c(O)c1. The molecule has 3 nitrogen and oxygen atoms in total. The van der Waals surface area contributed by atoms with Crippen molar-refractivity contribution >= 4 is 5.78 Å². The lowest BCUT2D eigenvalue weighted by molar-refractivity contribution is 0.0976. The molecule has 0 aliphatic heterocycles. The number of aromatic hydroxyl groups is 1. The molecule has 0 heterocycles. The fourth-order valence-electron chi connectivity index (χ4n) is 3.29. The molecule has 0 saturated heterocycles. The minimum atomic E-state index is 0.0159. The predicted molar refractivity (Wildman–Crippen MR) is 114 cm³/mol. The standard InChI is InChI=1S/C24H40O3/c1-3-5-7-8-9-10-11-12-13-15-19-27-21-17-18-22(24(26)20-21)23(25)16-14-6-4-2/h17-18,20,26H,3-16,19H2,1-2H3. The fourth-order valence-corrected chi connectivity index (χ4v) is 3.29. The van der Waals surface area contributed by atoms with Crippen LogP contribution >= 0.6 is 0 Å². The normalized spacial score (nSPS) is 10.9. The lowest BCUT2D eigenvalue weighted by atomic mass is 10.0. The highest BCUT2D eigenvalue weighted by Crippen LogP contribution is 2.25. The highest BCUT2D eigenvalue weighted by atomic mass is 16.5. The van der Waals surface area contributed by atoms with Gasteiger partial charge in [0.05, 0.1) is 12.2 Å². The van der Waals surface area contributed by atoms with E-state index in [0.717, 1.165) is 25.7 Å². The van der Waals surface area contributed by atoms with Crippen LogP contribution in [0.3, 0.4) is 0 Å². The molecule has 0 spiro atoms. The predicted octanol–water partition coefficient (Wildman–Crippen LogP) is 7.45. The van der Waals surface area contributed by atoms with Gasteiger partial charge in [-0.05, 0) is 25.0 Å². The Morgan fingerprint density at radius 3 is 1.96 bits per heavy atom. The Morgan fingerprint density at radius 2 is 1.37 bits per heavy atom. The summed E-state index contributed by atoms with van der Waals surface area (Å²) in [5, 5.41) is 10.1. The minimum Gasteiger partial charge on any atom is -0.507 e. The lowest BCUT2D eigenvalue weighted by Gasteiger charge is -2.09. The number of hydrogen-bond donors (Lipinski definition) is 1. The Kier molecular flexibility index (Phi) is 13.5. The number of unbranched alkanes of at least 4 members (excludes halogenated alkanes) is 11. The van der Waals surface area contributed by atoms with Gasteiger partial charge >= 0.3 is 0 Å². The monoisotopic (exact) mass is 376 g/mol. The molecule has 0 aliphatic rings. The number of Topliss-reactive ketones (excluding diaryl/α,β-unsaturated/α-hetero) is 1. The first-order valence-electron chi connectivity index (χ1n) is 11.2. The van der Waals surface area contributed by atoms with Crippen LogP contribution in [0.1, 0.15) is 114 Å². The molecule has 0 radical (unpaired) electrons. The van der Waals surface area contributed by atoms with Crippen molar-refractivity contribution < 1.29 is 14.6 Å².